The molecule has 0 spiro atoms. The van der Waals surface area contributed by atoms with Gasteiger partial charge in [0.15, 0.2) is 0 Å². The highest BCUT2D eigenvalue weighted by atomic mass is 35.5. The molecule has 3 heterocycles. The van der Waals surface area contributed by atoms with Gasteiger partial charge in [-0.2, -0.15) is 0 Å². The van der Waals surface area contributed by atoms with Crippen molar-refractivity contribution in [1.82, 2.24) is 14.9 Å². The number of aromatic nitrogens is 2. The van der Waals surface area contributed by atoms with E-state index in [2.05, 4.69) is 28.3 Å². The molecule has 1 unspecified atom stereocenters. The van der Waals surface area contributed by atoms with E-state index in [-0.39, 0.29) is 17.2 Å². The Balaban J connectivity index is 1.89. The third kappa shape index (κ3) is 2.96. The molecular weight excluding hydrogens is 308 g/mol. The summed E-state index contributed by atoms with van der Waals surface area (Å²) < 4.78 is 0. The number of fused-ring (bicyclic) bond motifs is 1. The van der Waals surface area contributed by atoms with Crippen molar-refractivity contribution in [3.8, 4) is 0 Å². The van der Waals surface area contributed by atoms with Crippen LogP contribution in [0.25, 0.3) is 10.2 Å². The Labute approximate surface area is 132 Å². The van der Waals surface area contributed by atoms with Gasteiger partial charge in [-0.25, -0.2) is 9.97 Å². The van der Waals surface area contributed by atoms with Crippen molar-refractivity contribution in [2.75, 3.05) is 18.9 Å². The Hall–Kier alpha value is -1.40. The highest BCUT2D eigenvalue weighted by Crippen LogP contribution is 2.31. The molecule has 2 aromatic heterocycles. The molecule has 0 aromatic carbocycles. The van der Waals surface area contributed by atoms with Gasteiger partial charge in [-0.3, -0.25) is 4.79 Å². The first kappa shape index (κ1) is 14.5. The van der Waals surface area contributed by atoms with E-state index in [9.17, 15) is 4.79 Å². The number of rotatable bonds is 3. The number of likely N-dealkylation sites (tertiary alicyclic amines) is 1. The fourth-order valence-corrected chi connectivity index (χ4v) is 3.74. The molecule has 1 fully saturated rings. The van der Waals surface area contributed by atoms with Crippen molar-refractivity contribution in [3.63, 3.8) is 0 Å². The van der Waals surface area contributed by atoms with Gasteiger partial charge in [-0.05, 0) is 30.5 Å². The number of halogens is 1. The van der Waals surface area contributed by atoms with Crippen LogP contribution in [0.3, 0.4) is 0 Å². The summed E-state index contributed by atoms with van der Waals surface area (Å²) in [4.78, 5) is 24.1. The van der Waals surface area contributed by atoms with Gasteiger partial charge in [0.25, 0.3) is 0 Å². The molecule has 112 valence electrons. The Morgan fingerprint density at radius 2 is 2.33 bits per heavy atom. The topological polar surface area (TPSA) is 58.1 Å². The largest absolute Gasteiger partial charge is 0.365 e. The monoisotopic (exact) mass is 324 g/mol. The lowest BCUT2D eigenvalue weighted by atomic mass is 10.1. The number of nitrogens with one attached hydrogen (secondary N) is 1. The van der Waals surface area contributed by atoms with E-state index in [1.807, 2.05) is 7.05 Å². The number of nitrogens with zero attached hydrogens (tertiary/aromatic N) is 3. The van der Waals surface area contributed by atoms with Crippen LogP contribution in [0, 0.1) is 0 Å². The fraction of sp³-hybridized carbons (Fsp3) is 0.500. The number of carbonyl (C=O) groups excluding carboxylic acids is 1. The Bertz CT molecular complexity index is 687. The van der Waals surface area contributed by atoms with Gasteiger partial charge in [-0.1, -0.05) is 6.92 Å². The van der Waals surface area contributed by atoms with Crippen LogP contribution < -0.4 is 5.32 Å². The lowest BCUT2D eigenvalue weighted by molar-refractivity contribution is -0.132. The predicted octanol–water partition coefficient (Wildman–Crippen LogP) is 2.94. The number of amides is 1. The number of likely N-dealkylation sites (N-methyl/N-ethyl adjacent to an activating group) is 1. The maximum atomic E-state index is 11.6. The number of aryl methyl sites for hydroxylation is 1. The molecule has 1 N–H and O–H groups in total. The fourth-order valence-electron chi connectivity index (χ4n) is 2.55. The molecule has 5 nitrogen and oxygen atoms in total. The van der Waals surface area contributed by atoms with Gasteiger partial charge in [-0.15, -0.1) is 11.3 Å². The molecule has 0 radical (unpaired) electrons. The lowest BCUT2D eigenvalue weighted by Crippen LogP contribution is -2.43. The Morgan fingerprint density at radius 3 is 3.05 bits per heavy atom. The number of thiophene rings is 1. The predicted molar refractivity (Wildman–Crippen MR) is 86.1 cm³/mol. The molecule has 1 aliphatic heterocycles. The summed E-state index contributed by atoms with van der Waals surface area (Å²) in [6.07, 6.45) is 2.36. The highest BCUT2D eigenvalue weighted by molar-refractivity contribution is 7.18. The minimum absolute atomic E-state index is 0.197. The number of carbonyl (C=O) groups is 1. The quantitative estimate of drug-likeness (QED) is 0.882. The molecular formula is C14H17ClN4OS. The SMILES string of the molecule is CCc1cc2c(NC3CCC(=O)N(C)C3)nc(Cl)nc2s1. The Morgan fingerprint density at radius 1 is 1.52 bits per heavy atom. The second-order valence-electron chi connectivity index (χ2n) is 5.28. The molecule has 0 aliphatic carbocycles. The van der Waals surface area contributed by atoms with Crippen LogP contribution in [0.5, 0.6) is 0 Å². The summed E-state index contributed by atoms with van der Waals surface area (Å²) in [5.74, 6) is 0.969. The van der Waals surface area contributed by atoms with Gasteiger partial charge < -0.3 is 10.2 Å². The third-order valence-electron chi connectivity index (χ3n) is 3.73. The minimum Gasteiger partial charge on any atom is -0.365 e. The second-order valence-corrected chi connectivity index (χ2v) is 6.73. The van der Waals surface area contributed by atoms with Crippen molar-refractivity contribution in [3.05, 3.63) is 16.2 Å². The van der Waals surface area contributed by atoms with Crippen molar-refractivity contribution >= 4 is 44.9 Å². The zero-order valence-corrected chi connectivity index (χ0v) is 13.6. The van der Waals surface area contributed by atoms with Gasteiger partial charge in [0.2, 0.25) is 11.2 Å². The molecule has 3 rings (SSSR count). The van der Waals surface area contributed by atoms with E-state index in [0.29, 0.717) is 13.0 Å². The van der Waals surface area contributed by atoms with E-state index in [4.69, 9.17) is 11.6 Å². The van der Waals surface area contributed by atoms with E-state index in [0.717, 1.165) is 28.9 Å². The van der Waals surface area contributed by atoms with Gasteiger partial charge >= 0.3 is 0 Å². The van der Waals surface area contributed by atoms with Crippen LogP contribution in [0.4, 0.5) is 5.82 Å². The zero-order chi connectivity index (χ0) is 15.0. The van der Waals surface area contributed by atoms with Crippen LogP contribution in [-0.4, -0.2) is 40.4 Å². The molecule has 1 atom stereocenters. The molecule has 1 saturated heterocycles. The number of hydrogen-bond donors (Lipinski definition) is 1. The van der Waals surface area contributed by atoms with E-state index in [1.165, 1.54) is 4.88 Å². The molecule has 0 saturated carbocycles. The van der Waals surface area contributed by atoms with Crippen molar-refractivity contribution in [1.29, 1.82) is 0 Å². The van der Waals surface area contributed by atoms with Gasteiger partial charge in [0.05, 0.1) is 5.39 Å². The van der Waals surface area contributed by atoms with Crippen LogP contribution in [0.15, 0.2) is 6.07 Å². The van der Waals surface area contributed by atoms with E-state index >= 15 is 0 Å². The molecule has 1 aliphatic rings. The summed E-state index contributed by atoms with van der Waals surface area (Å²) in [6.45, 7) is 2.81. The minimum atomic E-state index is 0.197. The van der Waals surface area contributed by atoms with Crippen molar-refractivity contribution in [2.45, 2.75) is 32.2 Å². The molecule has 21 heavy (non-hydrogen) atoms. The first-order valence-electron chi connectivity index (χ1n) is 7.03. The summed E-state index contributed by atoms with van der Waals surface area (Å²) in [6, 6.07) is 2.32. The van der Waals surface area contributed by atoms with E-state index in [1.54, 1.807) is 16.2 Å². The van der Waals surface area contributed by atoms with Gasteiger partial charge in [0.1, 0.15) is 10.6 Å². The van der Waals surface area contributed by atoms with Crippen molar-refractivity contribution in [2.24, 2.45) is 0 Å². The van der Waals surface area contributed by atoms with Crippen LogP contribution in [0.2, 0.25) is 5.28 Å². The molecule has 0 bridgehead atoms. The van der Waals surface area contributed by atoms with Crippen LogP contribution >= 0.6 is 22.9 Å². The first-order valence-corrected chi connectivity index (χ1v) is 8.22. The number of anilines is 1. The highest BCUT2D eigenvalue weighted by Gasteiger charge is 2.24. The smallest absolute Gasteiger partial charge is 0.225 e. The van der Waals surface area contributed by atoms with Crippen molar-refractivity contribution < 1.29 is 4.79 Å². The number of piperidine rings is 1. The normalized spacial score (nSPS) is 19.3. The van der Waals surface area contributed by atoms with Gasteiger partial charge in [0, 0.05) is 30.9 Å². The second kappa shape index (κ2) is 5.77. The summed E-state index contributed by atoms with van der Waals surface area (Å²) in [5.41, 5.74) is 0. The average molecular weight is 325 g/mol. The lowest BCUT2D eigenvalue weighted by Gasteiger charge is -2.30. The molecule has 7 heteroatoms. The van der Waals surface area contributed by atoms with Crippen LogP contribution in [-0.2, 0) is 11.2 Å². The van der Waals surface area contributed by atoms with Crippen LogP contribution in [0.1, 0.15) is 24.6 Å². The summed E-state index contributed by atoms with van der Waals surface area (Å²) in [7, 11) is 1.83. The van der Waals surface area contributed by atoms with E-state index < -0.39 is 0 Å². The molecule has 2 aromatic rings. The first-order chi connectivity index (χ1) is 10.1. The molecule has 1 amide bonds. The summed E-state index contributed by atoms with van der Waals surface area (Å²) in [5, 5.41) is 4.70. The summed E-state index contributed by atoms with van der Waals surface area (Å²) >= 11 is 7.67. The third-order valence-corrected chi connectivity index (χ3v) is 5.07. The zero-order valence-electron chi connectivity index (χ0n) is 12.0. The number of hydrogen-bond acceptors (Lipinski definition) is 5. The maximum Gasteiger partial charge on any atom is 0.225 e. The Kier molecular flexibility index (Phi) is 3.99. The maximum absolute atomic E-state index is 11.6. The average Bonchev–Trinajstić information content (AvgIpc) is 2.86. The standard InChI is InChI=1S/C14H17ClN4OS/c1-3-9-6-10-12(17-14(15)18-13(10)21-9)16-8-4-5-11(20)19(2)7-8/h6,8H,3-5,7H2,1-2H3,(H,16,17,18).